The van der Waals surface area contributed by atoms with Crippen LogP contribution in [0.5, 0.6) is 17.2 Å². The van der Waals surface area contributed by atoms with Crippen molar-refractivity contribution in [1.82, 2.24) is 10.2 Å². The second kappa shape index (κ2) is 10.2. The standard InChI is InChI=1S/C25H26N4O7/c30-22(28-25(33)26-17-2-4-20-21(12-17)35-10-9-34-20)13-29-7-5-15(6-8-29)24(32)16-1-3-19-18(11-16)27-23(31)14-36-19/h1-4,11-12,15H,5-10,13-14H2,(H,27,31)(H2,26,28,30,33). The highest BCUT2D eigenvalue weighted by Gasteiger charge is 2.28. The largest absolute Gasteiger partial charge is 0.486 e. The zero-order chi connectivity index (χ0) is 25.1. The number of carbonyl (C=O) groups is 4. The van der Waals surface area contributed by atoms with Crippen LogP contribution < -0.4 is 30.2 Å². The Kier molecular flexibility index (Phi) is 6.72. The number of likely N-dealkylation sites (tertiary alicyclic amines) is 1. The van der Waals surface area contributed by atoms with Crippen LogP contribution in [-0.2, 0) is 9.59 Å². The molecule has 11 heteroatoms. The number of fused-ring (bicyclic) bond motifs is 2. The number of rotatable bonds is 5. The summed E-state index contributed by atoms with van der Waals surface area (Å²) < 4.78 is 16.3. The maximum Gasteiger partial charge on any atom is 0.325 e. The summed E-state index contributed by atoms with van der Waals surface area (Å²) in [6, 6.07) is 9.42. The molecule has 0 aliphatic carbocycles. The van der Waals surface area contributed by atoms with Crippen molar-refractivity contribution in [2.24, 2.45) is 5.92 Å². The molecule has 36 heavy (non-hydrogen) atoms. The number of ether oxygens (including phenoxy) is 3. The molecule has 0 unspecified atom stereocenters. The molecule has 0 aromatic heterocycles. The number of nitrogens with one attached hydrogen (secondary N) is 3. The first-order valence-electron chi connectivity index (χ1n) is 11.8. The van der Waals surface area contributed by atoms with Crippen LogP contribution in [0, 0.1) is 5.92 Å². The van der Waals surface area contributed by atoms with Crippen LogP contribution in [0.2, 0.25) is 0 Å². The normalized spacial score (nSPS) is 17.3. The third kappa shape index (κ3) is 5.41. The molecule has 3 aliphatic heterocycles. The fourth-order valence-electron chi connectivity index (χ4n) is 4.48. The molecule has 3 aliphatic rings. The number of nitrogens with zero attached hydrogens (tertiary/aromatic N) is 1. The lowest BCUT2D eigenvalue weighted by molar-refractivity contribution is -0.121. The van der Waals surface area contributed by atoms with E-state index >= 15 is 0 Å². The summed E-state index contributed by atoms with van der Waals surface area (Å²) in [7, 11) is 0. The van der Waals surface area contributed by atoms with Crippen molar-refractivity contribution >= 4 is 35.0 Å². The summed E-state index contributed by atoms with van der Waals surface area (Å²) in [5.41, 5.74) is 1.50. The van der Waals surface area contributed by atoms with Gasteiger partial charge in [0.2, 0.25) is 5.91 Å². The topological polar surface area (TPSA) is 135 Å². The first kappa shape index (κ1) is 23.6. The molecule has 3 N–H and O–H groups in total. The quantitative estimate of drug-likeness (QED) is 0.538. The van der Waals surface area contributed by atoms with E-state index in [1.165, 1.54) is 0 Å². The fraction of sp³-hybridized carbons (Fsp3) is 0.360. The van der Waals surface area contributed by atoms with E-state index in [2.05, 4.69) is 16.0 Å². The van der Waals surface area contributed by atoms with Crippen molar-refractivity contribution in [3.8, 4) is 17.2 Å². The van der Waals surface area contributed by atoms with E-state index in [9.17, 15) is 19.2 Å². The number of hydrogen-bond donors (Lipinski definition) is 3. The molecule has 2 aromatic rings. The van der Waals surface area contributed by atoms with Gasteiger partial charge >= 0.3 is 6.03 Å². The van der Waals surface area contributed by atoms with E-state index in [0.29, 0.717) is 73.3 Å². The molecule has 0 spiro atoms. The van der Waals surface area contributed by atoms with Gasteiger partial charge in [0.15, 0.2) is 23.9 Å². The van der Waals surface area contributed by atoms with Crippen molar-refractivity contribution in [2.75, 3.05) is 50.1 Å². The highest BCUT2D eigenvalue weighted by atomic mass is 16.6. The summed E-state index contributed by atoms with van der Waals surface area (Å²) in [5.74, 6) is 0.833. The van der Waals surface area contributed by atoms with Crippen LogP contribution >= 0.6 is 0 Å². The molecule has 4 amide bonds. The lowest BCUT2D eigenvalue weighted by atomic mass is 9.88. The summed E-state index contributed by atoms with van der Waals surface area (Å²) in [6.07, 6.45) is 1.19. The lowest BCUT2D eigenvalue weighted by Crippen LogP contribution is -2.45. The number of urea groups is 1. The third-order valence-corrected chi connectivity index (χ3v) is 6.28. The summed E-state index contributed by atoms with van der Waals surface area (Å²) >= 11 is 0. The predicted molar refractivity (Wildman–Crippen MR) is 129 cm³/mol. The molecule has 5 rings (SSSR count). The van der Waals surface area contributed by atoms with E-state index in [1.807, 2.05) is 4.90 Å². The van der Waals surface area contributed by atoms with Gasteiger partial charge < -0.3 is 24.8 Å². The van der Waals surface area contributed by atoms with E-state index in [0.717, 1.165) is 0 Å². The molecule has 0 saturated carbocycles. The number of carbonyl (C=O) groups excluding carboxylic acids is 4. The maximum absolute atomic E-state index is 13.0. The van der Waals surface area contributed by atoms with Gasteiger partial charge in [0, 0.05) is 23.2 Å². The number of amides is 4. The highest BCUT2D eigenvalue weighted by molar-refractivity contribution is 6.02. The third-order valence-electron chi connectivity index (χ3n) is 6.28. The van der Waals surface area contributed by atoms with Gasteiger partial charge in [-0.05, 0) is 56.3 Å². The average molecular weight is 495 g/mol. The monoisotopic (exact) mass is 494 g/mol. The molecule has 188 valence electrons. The predicted octanol–water partition coefficient (Wildman–Crippen LogP) is 2.03. The Hall–Kier alpha value is -4.12. The van der Waals surface area contributed by atoms with Gasteiger partial charge in [-0.25, -0.2) is 4.79 Å². The second-order valence-corrected chi connectivity index (χ2v) is 8.82. The number of benzene rings is 2. The molecule has 0 bridgehead atoms. The highest BCUT2D eigenvalue weighted by Crippen LogP contribution is 2.33. The molecule has 0 atom stereocenters. The fourth-order valence-corrected chi connectivity index (χ4v) is 4.48. The first-order chi connectivity index (χ1) is 17.4. The van der Waals surface area contributed by atoms with Crippen molar-refractivity contribution in [1.29, 1.82) is 0 Å². The van der Waals surface area contributed by atoms with Crippen molar-refractivity contribution in [3.05, 3.63) is 42.0 Å². The maximum atomic E-state index is 13.0. The van der Waals surface area contributed by atoms with Gasteiger partial charge in [-0.2, -0.15) is 0 Å². The van der Waals surface area contributed by atoms with Gasteiger partial charge in [0.25, 0.3) is 5.91 Å². The first-order valence-corrected chi connectivity index (χ1v) is 11.8. The molecule has 0 radical (unpaired) electrons. The molecule has 3 heterocycles. The number of imide groups is 1. The number of piperidine rings is 1. The van der Waals surface area contributed by atoms with Crippen LogP contribution in [0.15, 0.2) is 36.4 Å². The van der Waals surface area contributed by atoms with Crippen molar-refractivity contribution < 1.29 is 33.4 Å². The SMILES string of the molecule is O=C(CN1CCC(C(=O)c2ccc3c(c2)NC(=O)CO3)CC1)NC(=O)Nc1ccc2c(c1)OCCO2. The van der Waals surface area contributed by atoms with E-state index < -0.39 is 11.9 Å². The Labute approximate surface area is 207 Å². The van der Waals surface area contributed by atoms with Crippen LogP contribution in [0.3, 0.4) is 0 Å². The second-order valence-electron chi connectivity index (χ2n) is 8.82. The number of anilines is 2. The van der Waals surface area contributed by atoms with Crippen LogP contribution in [0.1, 0.15) is 23.2 Å². The van der Waals surface area contributed by atoms with Crippen LogP contribution in [0.25, 0.3) is 0 Å². The lowest BCUT2D eigenvalue weighted by Gasteiger charge is -2.30. The van der Waals surface area contributed by atoms with Gasteiger partial charge in [0.1, 0.15) is 19.0 Å². The Balaban J connectivity index is 1.08. The van der Waals surface area contributed by atoms with Crippen LogP contribution in [-0.4, -0.2) is 68.0 Å². The molecular weight excluding hydrogens is 468 g/mol. The van der Waals surface area contributed by atoms with Gasteiger partial charge in [-0.3, -0.25) is 24.6 Å². The number of Topliss-reactive ketones (excluding diaryl/α,β-unsaturated/α-hetero) is 1. The summed E-state index contributed by atoms with van der Waals surface area (Å²) in [4.78, 5) is 51.1. The Bertz CT molecular complexity index is 1210. The minimum atomic E-state index is -0.634. The molecular formula is C25H26N4O7. The summed E-state index contributed by atoms with van der Waals surface area (Å²) in [5, 5.41) is 7.67. The zero-order valence-electron chi connectivity index (χ0n) is 19.5. The van der Waals surface area contributed by atoms with Crippen molar-refractivity contribution in [3.63, 3.8) is 0 Å². The van der Waals surface area contributed by atoms with Crippen LogP contribution in [0.4, 0.5) is 16.2 Å². The van der Waals surface area contributed by atoms with E-state index in [4.69, 9.17) is 14.2 Å². The average Bonchev–Trinajstić information content (AvgIpc) is 2.88. The van der Waals surface area contributed by atoms with Crippen molar-refractivity contribution in [2.45, 2.75) is 12.8 Å². The Morgan fingerprint density at radius 2 is 1.69 bits per heavy atom. The van der Waals surface area contributed by atoms with Gasteiger partial charge in [-0.15, -0.1) is 0 Å². The minimum absolute atomic E-state index is 0.000492. The number of hydrogen-bond acceptors (Lipinski definition) is 8. The zero-order valence-corrected chi connectivity index (χ0v) is 19.5. The van der Waals surface area contributed by atoms with E-state index in [-0.39, 0.29) is 30.8 Å². The molecule has 2 aromatic carbocycles. The minimum Gasteiger partial charge on any atom is -0.486 e. The summed E-state index contributed by atoms with van der Waals surface area (Å²) in [6.45, 7) is 2.04. The van der Waals surface area contributed by atoms with Gasteiger partial charge in [-0.1, -0.05) is 0 Å². The molecule has 11 nitrogen and oxygen atoms in total. The van der Waals surface area contributed by atoms with Gasteiger partial charge in [0.05, 0.1) is 12.2 Å². The molecule has 1 saturated heterocycles. The smallest absolute Gasteiger partial charge is 0.325 e. The Morgan fingerprint density at radius 3 is 2.50 bits per heavy atom. The Morgan fingerprint density at radius 1 is 0.944 bits per heavy atom. The van der Waals surface area contributed by atoms with E-state index in [1.54, 1.807) is 36.4 Å². The molecule has 1 fully saturated rings. The number of ketones is 1.